The van der Waals surface area contributed by atoms with Gasteiger partial charge in [0.15, 0.2) is 0 Å². The molecule has 1 aliphatic rings. The van der Waals surface area contributed by atoms with E-state index in [4.69, 9.17) is 4.74 Å². The van der Waals surface area contributed by atoms with Crippen molar-refractivity contribution in [3.05, 3.63) is 0 Å². The highest BCUT2D eigenvalue weighted by molar-refractivity contribution is 5.80. The molecule has 1 amide bonds. The maximum atomic E-state index is 11.7. The van der Waals surface area contributed by atoms with E-state index in [2.05, 4.69) is 24.5 Å². The van der Waals surface area contributed by atoms with Gasteiger partial charge in [0, 0.05) is 6.54 Å². The van der Waals surface area contributed by atoms with Gasteiger partial charge >= 0.3 is 0 Å². The average molecular weight is 228 g/mol. The SMILES string of the molecule is CC(C)CNC(=O)C(C)OC1CCNCC1. The van der Waals surface area contributed by atoms with Crippen LogP contribution in [0.2, 0.25) is 0 Å². The number of nitrogens with one attached hydrogen (secondary N) is 2. The van der Waals surface area contributed by atoms with Crippen LogP contribution in [0.3, 0.4) is 0 Å². The van der Waals surface area contributed by atoms with Gasteiger partial charge in [-0.2, -0.15) is 0 Å². The van der Waals surface area contributed by atoms with Crippen LogP contribution in [0.4, 0.5) is 0 Å². The number of amides is 1. The third-order valence-electron chi connectivity index (χ3n) is 2.74. The van der Waals surface area contributed by atoms with Gasteiger partial charge in [-0.15, -0.1) is 0 Å². The molecule has 0 aromatic heterocycles. The predicted molar refractivity (Wildman–Crippen MR) is 64.3 cm³/mol. The molecule has 1 aliphatic heterocycles. The summed E-state index contributed by atoms with van der Waals surface area (Å²) in [7, 11) is 0. The summed E-state index contributed by atoms with van der Waals surface area (Å²) >= 11 is 0. The summed E-state index contributed by atoms with van der Waals surface area (Å²) < 4.78 is 5.73. The molecule has 1 fully saturated rings. The summed E-state index contributed by atoms with van der Waals surface area (Å²) in [5, 5.41) is 6.17. The molecule has 0 aromatic rings. The molecule has 1 rings (SSSR count). The summed E-state index contributed by atoms with van der Waals surface area (Å²) in [6.07, 6.45) is 1.91. The number of hydrogen-bond acceptors (Lipinski definition) is 3. The molecule has 0 bridgehead atoms. The minimum atomic E-state index is -0.332. The topological polar surface area (TPSA) is 50.4 Å². The molecule has 1 saturated heterocycles. The molecule has 1 atom stereocenters. The van der Waals surface area contributed by atoms with E-state index in [9.17, 15) is 4.79 Å². The van der Waals surface area contributed by atoms with E-state index >= 15 is 0 Å². The second-order valence-electron chi connectivity index (χ2n) is 4.87. The number of carbonyl (C=O) groups excluding carboxylic acids is 1. The first-order valence-corrected chi connectivity index (χ1v) is 6.23. The summed E-state index contributed by atoms with van der Waals surface area (Å²) in [5.41, 5.74) is 0. The first-order valence-electron chi connectivity index (χ1n) is 6.23. The number of carbonyl (C=O) groups is 1. The van der Waals surface area contributed by atoms with Gasteiger partial charge in [0.25, 0.3) is 0 Å². The number of rotatable bonds is 5. The quantitative estimate of drug-likeness (QED) is 0.735. The number of piperidine rings is 1. The first kappa shape index (κ1) is 13.5. The molecule has 2 N–H and O–H groups in total. The lowest BCUT2D eigenvalue weighted by Gasteiger charge is -2.26. The van der Waals surface area contributed by atoms with Gasteiger partial charge in [-0.25, -0.2) is 0 Å². The number of ether oxygens (including phenoxy) is 1. The van der Waals surface area contributed by atoms with E-state index in [1.54, 1.807) is 0 Å². The van der Waals surface area contributed by atoms with Gasteiger partial charge in [-0.1, -0.05) is 13.8 Å². The summed E-state index contributed by atoms with van der Waals surface area (Å²) in [6.45, 7) is 8.70. The molecule has 0 radical (unpaired) electrons. The van der Waals surface area contributed by atoms with E-state index in [0.29, 0.717) is 5.92 Å². The highest BCUT2D eigenvalue weighted by atomic mass is 16.5. The Bertz CT molecular complexity index is 213. The summed E-state index contributed by atoms with van der Waals surface area (Å²) in [4.78, 5) is 11.7. The van der Waals surface area contributed by atoms with Crippen LogP contribution in [-0.2, 0) is 9.53 Å². The van der Waals surface area contributed by atoms with Crippen molar-refractivity contribution in [2.24, 2.45) is 5.92 Å². The highest BCUT2D eigenvalue weighted by Crippen LogP contribution is 2.10. The van der Waals surface area contributed by atoms with Crippen molar-refractivity contribution in [2.75, 3.05) is 19.6 Å². The molecule has 0 spiro atoms. The second kappa shape index (κ2) is 6.86. The van der Waals surface area contributed by atoms with Crippen LogP contribution in [-0.4, -0.2) is 37.7 Å². The van der Waals surface area contributed by atoms with E-state index in [1.165, 1.54) is 0 Å². The predicted octanol–water partition coefficient (Wildman–Crippen LogP) is 0.916. The van der Waals surface area contributed by atoms with Gasteiger partial charge < -0.3 is 15.4 Å². The number of hydrogen-bond donors (Lipinski definition) is 2. The van der Waals surface area contributed by atoms with Crippen molar-refractivity contribution < 1.29 is 9.53 Å². The fraction of sp³-hybridized carbons (Fsp3) is 0.917. The smallest absolute Gasteiger partial charge is 0.248 e. The van der Waals surface area contributed by atoms with Gasteiger partial charge in [-0.05, 0) is 38.8 Å². The minimum Gasteiger partial charge on any atom is -0.365 e. The van der Waals surface area contributed by atoms with Crippen LogP contribution in [0, 0.1) is 5.92 Å². The Morgan fingerprint density at radius 2 is 2.00 bits per heavy atom. The summed E-state index contributed by atoms with van der Waals surface area (Å²) in [5.74, 6) is 0.488. The van der Waals surface area contributed by atoms with Crippen LogP contribution >= 0.6 is 0 Å². The maximum Gasteiger partial charge on any atom is 0.248 e. The van der Waals surface area contributed by atoms with E-state index in [1.807, 2.05) is 6.92 Å². The molecular formula is C12H24N2O2. The Hall–Kier alpha value is -0.610. The molecular weight excluding hydrogens is 204 g/mol. The lowest BCUT2D eigenvalue weighted by Crippen LogP contribution is -2.41. The molecule has 0 aliphatic carbocycles. The van der Waals surface area contributed by atoms with Crippen molar-refractivity contribution >= 4 is 5.91 Å². The van der Waals surface area contributed by atoms with E-state index in [-0.39, 0.29) is 18.1 Å². The van der Waals surface area contributed by atoms with Crippen LogP contribution < -0.4 is 10.6 Å². The minimum absolute atomic E-state index is 0.00670. The normalized spacial score (nSPS) is 19.8. The zero-order valence-electron chi connectivity index (χ0n) is 10.6. The lowest BCUT2D eigenvalue weighted by molar-refractivity contribution is -0.136. The Morgan fingerprint density at radius 1 is 1.38 bits per heavy atom. The standard InChI is InChI=1S/C12H24N2O2/c1-9(2)8-14-12(15)10(3)16-11-4-6-13-7-5-11/h9-11,13H,4-8H2,1-3H3,(H,14,15). The molecule has 4 nitrogen and oxygen atoms in total. The zero-order chi connectivity index (χ0) is 12.0. The van der Waals surface area contributed by atoms with Gasteiger partial charge in [0.1, 0.15) is 6.10 Å². The fourth-order valence-electron chi connectivity index (χ4n) is 1.73. The lowest BCUT2D eigenvalue weighted by atomic mass is 10.1. The van der Waals surface area contributed by atoms with Gasteiger partial charge in [-0.3, -0.25) is 4.79 Å². The van der Waals surface area contributed by atoms with Gasteiger partial charge in [0.2, 0.25) is 5.91 Å². The third-order valence-corrected chi connectivity index (χ3v) is 2.74. The largest absolute Gasteiger partial charge is 0.365 e. The monoisotopic (exact) mass is 228 g/mol. The van der Waals surface area contributed by atoms with Crippen molar-refractivity contribution in [3.8, 4) is 0 Å². The van der Waals surface area contributed by atoms with Crippen molar-refractivity contribution in [3.63, 3.8) is 0 Å². The van der Waals surface area contributed by atoms with E-state index < -0.39 is 0 Å². The molecule has 4 heteroatoms. The third kappa shape index (κ3) is 4.94. The van der Waals surface area contributed by atoms with E-state index in [0.717, 1.165) is 32.5 Å². The molecule has 1 heterocycles. The van der Waals surface area contributed by atoms with Crippen LogP contribution in [0.25, 0.3) is 0 Å². The molecule has 94 valence electrons. The van der Waals surface area contributed by atoms with Crippen LogP contribution in [0.15, 0.2) is 0 Å². The fourth-order valence-corrected chi connectivity index (χ4v) is 1.73. The Labute approximate surface area is 98.1 Å². The zero-order valence-corrected chi connectivity index (χ0v) is 10.6. The molecule has 0 saturated carbocycles. The molecule has 1 unspecified atom stereocenters. The van der Waals surface area contributed by atoms with Crippen LogP contribution in [0.5, 0.6) is 0 Å². The first-order chi connectivity index (χ1) is 7.59. The Morgan fingerprint density at radius 3 is 2.56 bits per heavy atom. The second-order valence-corrected chi connectivity index (χ2v) is 4.87. The molecule has 16 heavy (non-hydrogen) atoms. The van der Waals surface area contributed by atoms with Crippen LogP contribution in [0.1, 0.15) is 33.6 Å². The summed E-state index contributed by atoms with van der Waals surface area (Å²) in [6, 6.07) is 0. The van der Waals surface area contributed by atoms with Crippen molar-refractivity contribution in [2.45, 2.75) is 45.8 Å². The van der Waals surface area contributed by atoms with Crippen molar-refractivity contribution in [1.29, 1.82) is 0 Å². The Balaban J connectivity index is 2.21. The average Bonchev–Trinajstić information content (AvgIpc) is 2.27. The maximum absolute atomic E-state index is 11.7. The Kier molecular flexibility index (Phi) is 5.77. The van der Waals surface area contributed by atoms with Crippen molar-refractivity contribution in [1.82, 2.24) is 10.6 Å². The highest BCUT2D eigenvalue weighted by Gasteiger charge is 2.20. The molecule has 0 aromatic carbocycles. The van der Waals surface area contributed by atoms with Gasteiger partial charge in [0.05, 0.1) is 6.10 Å².